The number of benzene rings is 1. The fourth-order valence-electron chi connectivity index (χ4n) is 2.78. The Balaban J connectivity index is 2.25. The highest BCUT2D eigenvalue weighted by Gasteiger charge is 2.26. The molecule has 0 aliphatic carbocycles. The summed E-state index contributed by atoms with van der Waals surface area (Å²) in [4.78, 5) is 15.0. The van der Waals surface area contributed by atoms with Crippen molar-refractivity contribution in [1.29, 1.82) is 0 Å². The van der Waals surface area contributed by atoms with Crippen molar-refractivity contribution in [3.63, 3.8) is 0 Å². The molecule has 7 heteroatoms. The van der Waals surface area contributed by atoms with Crippen LogP contribution in [0.15, 0.2) is 23.1 Å². The number of halogens is 1. The molecule has 3 rings (SSSR count). The summed E-state index contributed by atoms with van der Waals surface area (Å²) < 4.78 is 37.6. The van der Waals surface area contributed by atoms with E-state index in [-0.39, 0.29) is 16.4 Å². The Hall–Kier alpha value is -2.15. The van der Waals surface area contributed by atoms with E-state index >= 15 is 0 Å². The Kier molecular flexibility index (Phi) is 3.32. The van der Waals surface area contributed by atoms with Crippen LogP contribution in [0, 0.1) is 12.7 Å². The highest BCUT2D eigenvalue weighted by Crippen LogP contribution is 2.33. The van der Waals surface area contributed by atoms with Crippen LogP contribution in [0.3, 0.4) is 0 Å². The molecule has 22 heavy (non-hydrogen) atoms. The third kappa shape index (κ3) is 2.31. The maximum absolute atomic E-state index is 14.2. The largest absolute Gasteiger partial charge is 0.358 e. The number of hydrogen-bond acceptors (Lipinski definition) is 3. The molecule has 2 heterocycles. The Bertz CT molecular complexity index is 884. The molecular formula is C15H15FN2O3S. The van der Waals surface area contributed by atoms with Gasteiger partial charge in [0.1, 0.15) is 5.82 Å². The quantitative estimate of drug-likeness (QED) is 0.828. The van der Waals surface area contributed by atoms with Gasteiger partial charge in [-0.05, 0) is 37.1 Å². The molecule has 0 bridgehead atoms. The number of aromatic amines is 1. The van der Waals surface area contributed by atoms with Crippen LogP contribution < -0.4 is 5.32 Å². The van der Waals surface area contributed by atoms with Crippen molar-refractivity contribution in [3.8, 4) is 11.3 Å². The summed E-state index contributed by atoms with van der Waals surface area (Å²) in [5.74, 6) is -0.719. The molecular weight excluding hydrogens is 307 g/mol. The predicted molar refractivity (Wildman–Crippen MR) is 80.1 cm³/mol. The first-order valence-electron chi connectivity index (χ1n) is 6.78. The van der Waals surface area contributed by atoms with Crippen molar-refractivity contribution in [2.24, 2.45) is 0 Å². The lowest BCUT2D eigenvalue weighted by Crippen LogP contribution is -2.31. The van der Waals surface area contributed by atoms with Crippen LogP contribution in [-0.4, -0.2) is 32.1 Å². The molecule has 1 aromatic carbocycles. The minimum Gasteiger partial charge on any atom is -0.358 e. The third-order valence-electron chi connectivity index (χ3n) is 3.81. The second-order valence-electron chi connectivity index (χ2n) is 5.40. The summed E-state index contributed by atoms with van der Waals surface area (Å²) in [5.41, 5.74) is 2.54. The number of rotatable bonds is 2. The Morgan fingerprint density at radius 3 is 2.68 bits per heavy atom. The van der Waals surface area contributed by atoms with Gasteiger partial charge in [-0.25, -0.2) is 12.8 Å². The summed E-state index contributed by atoms with van der Waals surface area (Å²) in [6.45, 7) is 2.22. The van der Waals surface area contributed by atoms with E-state index in [0.29, 0.717) is 29.9 Å². The van der Waals surface area contributed by atoms with Crippen LogP contribution in [-0.2, 0) is 16.3 Å². The molecule has 1 aliphatic rings. The van der Waals surface area contributed by atoms with E-state index in [1.54, 1.807) is 6.92 Å². The van der Waals surface area contributed by atoms with Gasteiger partial charge in [0.2, 0.25) is 0 Å². The first-order chi connectivity index (χ1) is 10.3. The van der Waals surface area contributed by atoms with Gasteiger partial charge in [-0.3, -0.25) is 4.79 Å². The summed E-state index contributed by atoms with van der Waals surface area (Å²) in [6.07, 6.45) is 1.65. The lowest BCUT2D eigenvalue weighted by atomic mass is 9.98. The molecule has 0 radical (unpaired) electrons. The van der Waals surface area contributed by atoms with E-state index < -0.39 is 15.7 Å². The van der Waals surface area contributed by atoms with Gasteiger partial charge in [-0.1, -0.05) is 0 Å². The third-order valence-corrected chi connectivity index (χ3v) is 4.92. The van der Waals surface area contributed by atoms with E-state index in [1.807, 2.05) is 0 Å². The van der Waals surface area contributed by atoms with Gasteiger partial charge >= 0.3 is 0 Å². The lowest BCUT2D eigenvalue weighted by Gasteiger charge is -2.15. The van der Waals surface area contributed by atoms with Crippen LogP contribution in [0.4, 0.5) is 4.39 Å². The number of carbonyl (C=O) groups is 1. The SMILES string of the molecule is Cc1[nH]c(-c2cc(S(C)(=O)=O)ccc2F)c2c1C(=O)NCC2. The van der Waals surface area contributed by atoms with Gasteiger partial charge < -0.3 is 10.3 Å². The highest BCUT2D eigenvalue weighted by molar-refractivity contribution is 7.90. The van der Waals surface area contributed by atoms with E-state index in [1.165, 1.54) is 12.1 Å². The van der Waals surface area contributed by atoms with Crippen LogP contribution >= 0.6 is 0 Å². The molecule has 0 spiro atoms. The second-order valence-corrected chi connectivity index (χ2v) is 7.41. The monoisotopic (exact) mass is 322 g/mol. The fourth-order valence-corrected chi connectivity index (χ4v) is 3.43. The van der Waals surface area contributed by atoms with Crippen molar-refractivity contribution >= 4 is 15.7 Å². The number of nitrogens with one attached hydrogen (secondary N) is 2. The minimum atomic E-state index is -3.44. The number of sulfone groups is 1. The highest BCUT2D eigenvalue weighted by atomic mass is 32.2. The van der Waals surface area contributed by atoms with Gasteiger partial charge in [-0.2, -0.15) is 0 Å². The number of carbonyl (C=O) groups excluding carboxylic acids is 1. The van der Waals surface area contributed by atoms with Gasteiger partial charge in [0.25, 0.3) is 5.91 Å². The van der Waals surface area contributed by atoms with Gasteiger partial charge in [0.15, 0.2) is 9.84 Å². The normalized spacial score (nSPS) is 14.6. The number of amides is 1. The molecule has 116 valence electrons. The van der Waals surface area contributed by atoms with Crippen LogP contribution in [0.5, 0.6) is 0 Å². The van der Waals surface area contributed by atoms with Gasteiger partial charge in [-0.15, -0.1) is 0 Å². The first kappa shape index (κ1) is 14.8. The van der Waals surface area contributed by atoms with E-state index in [4.69, 9.17) is 0 Å². The topological polar surface area (TPSA) is 79.0 Å². The molecule has 5 nitrogen and oxygen atoms in total. The summed E-state index contributed by atoms with van der Waals surface area (Å²) in [5, 5.41) is 2.75. The molecule has 0 unspecified atom stereocenters. The molecule has 0 atom stereocenters. The zero-order valence-corrected chi connectivity index (χ0v) is 13.0. The van der Waals surface area contributed by atoms with E-state index in [9.17, 15) is 17.6 Å². The minimum absolute atomic E-state index is 0.0464. The van der Waals surface area contributed by atoms with E-state index in [0.717, 1.165) is 17.9 Å². The number of aromatic nitrogens is 1. The van der Waals surface area contributed by atoms with Crippen LogP contribution in [0.25, 0.3) is 11.3 Å². The Morgan fingerprint density at radius 1 is 1.27 bits per heavy atom. The summed E-state index contributed by atoms with van der Waals surface area (Å²) in [6, 6.07) is 3.68. The molecule has 0 saturated carbocycles. The van der Waals surface area contributed by atoms with E-state index in [2.05, 4.69) is 10.3 Å². The number of fused-ring (bicyclic) bond motifs is 1. The zero-order chi connectivity index (χ0) is 16.1. The fraction of sp³-hybridized carbons (Fsp3) is 0.267. The lowest BCUT2D eigenvalue weighted by molar-refractivity contribution is 0.0946. The Morgan fingerprint density at radius 2 is 2.00 bits per heavy atom. The molecule has 2 N–H and O–H groups in total. The summed E-state index contributed by atoms with van der Waals surface area (Å²) >= 11 is 0. The predicted octanol–water partition coefficient (Wildman–Crippen LogP) is 1.82. The second kappa shape index (κ2) is 4.95. The first-order valence-corrected chi connectivity index (χ1v) is 8.68. The number of H-pyrrole nitrogens is 1. The Labute approximate surface area is 127 Å². The van der Waals surface area contributed by atoms with Gasteiger partial charge in [0.05, 0.1) is 16.2 Å². The average Bonchev–Trinajstić information content (AvgIpc) is 2.76. The molecule has 0 saturated heterocycles. The maximum Gasteiger partial charge on any atom is 0.253 e. The molecule has 1 aromatic heterocycles. The zero-order valence-electron chi connectivity index (χ0n) is 12.2. The van der Waals surface area contributed by atoms with Crippen LogP contribution in [0.2, 0.25) is 0 Å². The summed E-state index contributed by atoms with van der Waals surface area (Å²) in [7, 11) is -3.44. The number of hydrogen-bond donors (Lipinski definition) is 2. The maximum atomic E-state index is 14.2. The smallest absolute Gasteiger partial charge is 0.253 e. The standard InChI is InChI=1S/C15H15FN2O3S/c1-8-13-10(5-6-17-15(13)19)14(18-8)11-7-9(22(2,20)21)3-4-12(11)16/h3-4,7,18H,5-6H2,1-2H3,(H,17,19). The molecule has 1 aliphatic heterocycles. The van der Waals surface area contributed by atoms with Crippen molar-refractivity contribution in [2.75, 3.05) is 12.8 Å². The molecule has 1 amide bonds. The molecule has 2 aromatic rings. The van der Waals surface area contributed by atoms with Crippen LogP contribution in [0.1, 0.15) is 21.6 Å². The van der Waals surface area contributed by atoms with Crippen molar-refractivity contribution in [3.05, 3.63) is 40.8 Å². The molecule has 0 fully saturated rings. The van der Waals surface area contributed by atoms with Crippen molar-refractivity contribution in [2.45, 2.75) is 18.2 Å². The van der Waals surface area contributed by atoms with Crippen molar-refractivity contribution < 1.29 is 17.6 Å². The number of aryl methyl sites for hydroxylation is 1. The van der Waals surface area contributed by atoms with Gasteiger partial charge in [0, 0.05) is 24.1 Å². The average molecular weight is 322 g/mol. The van der Waals surface area contributed by atoms with Crippen molar-refractivity contribution in [1.82, 2.24) is 10.3 Å².